The van der Waals surface area contributed by atoms with Crippen LogP contribution in [0.1, 0.15) is 20.3 Å². The fraction of sp³-hybridized carbons (Fsp3) is 0.714. The zero-order chi connectivity index (χ0) is 9.14. The van der Waals surface area contributed by atoms with Crippen molar-refractivity contribution >= 4 is 21.9 Å². The highest BCUT2D eigenvalue weighted by Gasteiger charge is 2.07. The predicted octanol–water partition coefficient (Wildman–Crippen LogP) is 1.67. The first-order chi connectivity index (χ1) is 5.63. The van der Waals surface area contributed by atoms with Gasteiger partial charge in [-0.2, -0.15) is 4.98 Å². The van der Waals surface area contributed by atoms with Crippen molar-refractivity contribution in [2.75, 3.05) is 5.73 Å². The molecule has 0 spiro atoms. The lowest BCUT2D eigenvalue weighted by atomic mass is 10.1. The molecule has 0 bridgehead atoms. The van der Waals surface area contributed by atoms with Crippen molar-refractivity contribution in [2.45, 2.75) is 26.8 Å². The summed E-state index contributed by atoms with van der Waals surface area (Å²) in [6.07, 6.45) is 1.13. The molecule has 1 aromatic rings. The molecule has 1 rings (SSSR count). The Bertz CT molecular complexity index is 258. The minimum atomic E-state index is 0.324. The van der Waals surface area contributed by atoms with Gasteiger partial charge in [-0.25, -0.2) is 4.68 Å². The summed E-state index contributed by atoms with van der Waals surface area (Å²) in [6, 6.07) is 0. The summed E-state index contributed by atoms with van der Waals surface area (Å²) in [7, 11) is 0. The van der Waals surface area contributed by atoms with Crippen LogP contribution >= 0.6 is 15.9 Å². The zero-order valence-electron chi connectivity index (χ0n) is 7.29. The molecule has 1 unspecified atom stereocenters. The van der Waals surface area contributed by atoms with E-state index in [0.717, 1.165) is 13.0 Å². The van der Waals surface area contributed by atoms with E-state index in [1.54, 1.807) is 4.68 Å². The normalized spacial score (nSPS) is 13.2. The van der Waals surface area contributed by atoms with Crippen molar-refractivity contribution in [1.29, 1.82) is 0 Å². The quantitative estimate of drug-likeness (QED) is 0.863. The van der Waals surface area contributed by atoms with Gasteiger partial charge in [-0.05, 0) is 21.8 Å². The van der Waals surface area contributed by atoms with Crippen LogP contribution in [0.25, 0.3) is 0 Å². The van der Waals surface area contributed by atoms with Gasteiger partial charge < -0.3 is 5.73 Å². The van der Waals surface area contributed by atoms with Crippen LogP contribution in [0.3, 0.4) is 0 Å². The van der Waals surface area contributed by atoms with Gasteiger partial charge in [0.15, 0.2) is 4.73 Å². The number of rotatable bonds is 3. The van der Waals surface area contributed by atoms with Crippen LogP contribution in [-0.4, -0.2) is 14.8 Å². The first kappa shape index (κ1) is 9.51. The molecule has 0 aromatic carbocycles. The van der Waals surface area contributed by atoms with Crippen LogP contribution in [-0.2, 0) is 6.54 Å². The van der Waals surface area contributed by atoms with Gasteiger partial charge in [0.05, 0.1) is 0 Å². The number of nitrogen functional groups attached to an aromatic ring is 1. The van der Waals surface area contributed by atoms with E-state index >= 15 is 0 Å². The Morgan fingerprint density at radius 2 is 2.33 bits per heavy atom. The number of anilines is 1. The molecule has 68 valence electrons. The summed E-state index contributed by atoms with van der Waals surface area (Å²) < 4.78 is 2.49. The fourth-order valence-corrected chi connectivity index (χ4v) is 1.29. The van der Waals surface area contributed by atoms with Crippen molar-refractivity contribution in [2.24, 2.45) is 5.92 Å². The van der Waals surface area contributed by atoms with Gasteiger partial charge in [0.1, 0.15) is 0 Å². The Morgan fingerprint density at radius 3 is 2.75 bits per heavy atom. The Kier molecular flexibility index (Phi) is 3.08. The standard InChI is InChI=1S/C7H13BrN4/c1-3-5(2)4-12-6(8)10-7(9)11-12/h5H,3-4H2,1-2H3,(H2,9,11). The van der Waals surface area contributed by atoms with Gasteiger partial charge in [-0.15, -0.1) is 5.10 Å². The second kappa shape index (κ2) is 3.89. The van der Waals surface area contributed by atoms with E-state index in [1.807, 2.05) is 0 Å². The number of hydrogen-bond acceptors (Lipinski definition) is 3. The van der Waals surface area contributed by atoms with Crippen LogP contribution in [0.15, 0.2) is 4.73 Å². The molecule has 1 atom stereocenters. The van der Waals surface area contributed by atoms with Crippen molar-refractivity contribution < 1.29 is 0 Å². The average Bonchev–Trinajstić information content (AvgIpc) is 2.30. The minimum Gasteiger partial charge on any atom is -0.366 e. The Labute approximate surface area is 80.3 Å². The van der Waals surface area contributed by atoms with Crippen molar-refractivity contribution in [3.05, 3.63) is 4.73 Å². The first-order valence-electron chi connectivity index (χ1n) is 3.99. The van der Waals surface area contributed by atoms with Gasteiger partial charge in [0.2, 0.25) is 5.95 Å². The summed E-state index contributed by atoms with van der Waals surface area (Å²) in [5.41, 5.74) is 5.42. The van der Waals surface area contributed by atoms with Crippen LogP contribution in [0.2, 0.25) is 0 Å². The third-order valence-electron chi connectivity index (χ3n) is 1.82. The number of nitrogens with zero attached hydrogens (tertiary/aromatic N) is 3. The Balaban J connectivity index is 2.68. The summed E-state index contributed by atoms with van der Waals surface area (Å²) in [6.45, 7) is 5.18. The Morgan fingerprint density at radius 1 is 1.67 bits per heavy atom. The number of aromatic nitrogens is 3. The van der Waals surface area contributed by atoms with E-state index in [1.165, 1.54) is 0 Å². The van der Waals surface area contributed by atoms with E-state index in [9.17, 15) is 0 Å². The molecule has 5 heteroatoms. The number of hydrogen-bond donors (Lipinski definition) is 1. The van der Waals surface area contributed by atoms with Crippen LogP contribution < -0.4 is 5.73 Å². The highest BCUT2D eigenvalue weighted by Crippen LogP contribution is 2.11. The van der Waals surface area contributed by atoms with Gasteiger partial charge in [-0.1, -0.05) is 20.3 Å². The van der Waals surface area contributed by atoms with Crippen molar-refractivity contribution in [1.82, 2.24) is 14.8 Å². The lowest BCUT2D eigenvalue weighted by Gasteiger charge is -2.07. The maximum absolute atomic E-state index is 5.42. The van der Waals surface area contributed by atoms with Gasteiger partial charge in [-0.3, -0.25) is 0 Å². The van der Waals surface area contributed by atoms with Gasteiger partial charge in [0, 0.05) is 6.54 Å². The highest BCUT2D eigenvalue weighted by atomic mass is 79.9. The molecule has 4 nitrogen and oxygen atoms in total. The molecule has 0 saturated carbocycles. The van der Waals surface area contributed by atoms with E-state index in [2.05, 4.69) is 39.9 Å². The van der Waals surface area contributed by atoms with Gasteiger partial charge in [0.25, 0.3) is 0 Å². The summed E-state index contributed by atoms with van der Waals surface area (Å²) in [5, 5.41) is 4.03. The molecule has 0 fully saturated rings. The van der Waals surface area contributed by atoms with Crippen LogP contribution in [0.4, 0.5) is 5.95 Å². The molecule has 12 heavy (non-hydrogen) atoms. The van der Waals surface area contributed by atoms with Crippen molar-refractivity contribution in [3.63, 3.8) is 0 Å². The molecule has 0 aliphatic heterocycles. The third-order valence-corrected chi connectivity index (χ3v) is 2.41. The second-order valence-corrected chi connectivity index (χ2v) is 3.64. The SMILES string of the molecule is CCC(C)Cn1nc(N)nc1Br. The fourth-order valence-electron chi connectivity index (χ4n) is 0.880. The molecule has 2 N–H and O–H groups in total. The average molecular weight is 233 g/mol. The zero-order valence-corrected chi connectivity index (χ0v) is 8.87. The lowest BCUT2D eigenvalue weighted by molar-refractivity contribution is 0.433. The molecule has 1 aromatic heterocycles. The van der Waals surface area contributed by atoms with E-state index in [0.29, 0.717) is 16.6 Å². The molecule has 0 aliphatic carbocycles. The van der Waals surface area contributed by atoms with E-state index < -0.39 is 0 Å². The smallest absolute Gasteiger partial charge is 0.240 e. The largest absolute Gasteiger partial charge is 0.366 e. The molecule has 0 amide bonds. The number of nitrogens with two attached hydrogens (primary N) is 1. The predicted molar refractivity (Wildman–Crippen MR) is 51.6 cm³/mol. The summed E-state index contributed by atoms with van der Waals surface area (Å²) in [5.74, 6) is 0.924. The molecule has 0 aliphatic rings. The van der Waals surface area contributed by atoms with Crippen molar-refractivity contribution in [3.8, 4) is 0 Å². The molecular weight excluding hydrogens is 220 g/mol. The second-order valence-electron chi connectivity index (χ2n) is 2.93. The maximum Gasteiger partial charge on any atom is 0.240 e. The van der Waals surface area contributed by atoms with E-state index in [4.69, 9.17) is 5.73 Å². The number of halogens is 1. The van der Waals surface area contributed by atoms with Crippen LogP contribution in [0, 0.1) is 5.92 Å². The molecule has 0 saturated heterocycles. The summed E-state index contributed by atoms with van der Waals surface area (Å²) in [4.78, 5) is 3.94. The Hall–Kier alpha value is -0.580. The molecule has 1 heterocycles. The first-order valence-corrected chi connectivity index (χ1v) is 4.78. The monoisotopic (exact) mass is 232 g/mol. The highest BCUT2D eigenvalue weighted by molar-refractivity contribution is 9.10. The summed E-state index contributed by atoms with van der Waals surface area (Å²) >= 11 is 3.28. The minimum absolute atomic E-state index is 0.324. The molecule has 0 radical (unpaired) electrons. The molecular formula is C7H13BrN4. The van der Waals surface area contributed by atoms with E-state index in [-0.39, 0.29) is 0 Å². The lowest BCUT2D eigenvalue weighted by Crippen LogP contribution is -2.08. The topological polar surface area (TPSA) is 56.7 Å². The third kappa shape index (κ3) is 2.20. The van der Waals surface area contributed by atoms with Crippen LogP contribution in [0.5, 0.6) is 0 Å². The van der Waals surface area contributed by atoms with Gasteiger partial charge >= 0.3 is 0 Å². The maximum atomic E-state index is 5.42.